The molecule has 2 aliphatic rings. The van der Waals surface area contributed by atoms with Gasteiger partial charge in [0.1, 0.15) is 16.7 Å². The van der Waals surface area contributed by atoms with Crippen LogP contribution in [0.1, 0.15) is 40.1 Å². The van der Waals surface area contributed by atoms with Crippen LogP contribution in [-0.2, 0) is 27.5 Å². The lowest BCUT2D eigenvalue weighted by atomic mass is 10.2. The van der Waals surface area contributed by atoms with Crippen LogP contribution in [0, 0.1) is 0 Å². The first-order valence-electron chi connectivity index (χ1n) is 13.2. The highest BCUT2D eigenvalue weighted by atomic mass is 32.2. The summed E-state index contributed by atoms with van der Waals surface area (Å²) >= 11 is 1.03. The van der Waals surface area contributed by atoms with Gasteiger partial charge in [-0.1, -0.05) is 23.5 Å². The van der Waals surface area contributed by atoms with E-state index >= 15 is 0 Å². The molecule has 2 atom stereocenters. The molecule has 1 saturated carbocycles. The van der Waals surface area contributed by atoms with E-state index in [0.29, 0.717) is 10.7 Å². The second-order valence-electron chi connectivity index (χ2n) is 10.1. The zero-order valence-electron chi connectivity index (χ0n) is 22.4. The molecule has 0 radical (unpaired) electrons. The molecule has 232 valence electrons. The normalized spacial score (nSPS) is 19.2. The molecule has 16 heteroatoms. The number of ether oxygens (including phenoxy) is 2. The summed E-state index contributed by atoms with van der Waals surface area (Å²) in [6, 6.07) is 9.73. The van der Waals surface area contributed by atoms with Gasteiger partial charge in [0.2, 0.25) is 10.0 Å². The summed E-state index contributed by atoms with van der Waals surface area (Å²) in [4.78, 5) is 19.2. The second kappa shape index (κ2) is 12.7. The number of thiazole rings is 1. The van der Waals surface area contributed by atoms with Gasteiger partial charge in [0.05, 0.1) is 35.8 Å². The third kappa shape index (κ3) is 8.19. The molecule has 0 bridgehead atoms. The van der Waals surface area contributed by atoms with Crippen molar-refractivity contribution in [3.8, 4) is 5.75 Å². The van der Waals surface area contributed by atoms with Crippen molar-refractivity contribution in [3.05, 3.63) is 70.7 Å². The maximum atomic E-state index is 12.9. The van der Waals surface area contributed by atoms with Crippen LogP contribution >= 0.6 is 11.3 Å². The van der Waals surface area contributed by atoms with Crippen LogP contribution in [0.5, 0.6) is 5.75 Å². The Hall–Kier alpha value is -3.34. The van der Waals surface area contributed by atoms with E-state index in [0.717, 1.165) is 36.3 Å². The number of sulfonamides is 1. The summed E-state index contributed by atoms with van der Waals surface area (Å²) in [5, 5.41) is 3.11. The maximum absolute atomic E-state index is 12.9. The molecule has 2 aromatic carbocycles. The molecule has 2 N–H and O–H groups in total. The summed E-state index contributed by atoms with van der Waals surface area (Å²) in [6.45, 7) is -3.05. The Balaban J connectivity index is 1.20. The molecular formula is C27H27F5N4O5S2. The fourth-order valence-electron chi connectivity index (χ4n) is 4.50. The van der Waals surface area contributed by atoms with Gasteiger partial charge in [-0.05, 0) is 54.8 Å². The fourth-order valence-corrected chi connectivity index (χ4v) is 6.72. The molecule has 1 aliphatic heterocycles. The van der Waals surface area contributed by atoms with Crippen molar-refractivity contribution in [2.75, 3.05) is 18.1 Å². The number of nitrogens with zero attached hydrogens (tertiary/aromatic N) is 2. The third-order valence-corrected chi connectivity index (χ3v) is 9.39. The highest BCUT2D eigenvalue weighted by molar-refractivity contribution is 7.89. The Morgan fingerprint density at radius 3 is 2.42 bits per heavy atom. The Morgan fingerprint density at radius 2 is 1.79 bits per heavy atom. The van der Waals surface area contributed by atoms with Gasteiger partial charge in [0.25, 0.3) is 5.91 Å². The number of hydrogen-bond acceptors (Lipinski definition) is 8. The number of rotatable bonds is 12. The van der Waals surface area contributed by atoms with Crippen molar-refractivity contribution in [1.29, 1.82) is 0 Å². The zero-order chi connectivity index (χ0) is 30.8. The van der Waals surface area contributed by atoms with Gasteiger partial charge >= 0.3 is 12.8 Å². The van der Waals surface area contributed by atoms with Crippen LogP contribution in [-0.4, -0.2) is 57.3 Å². The number of anilines is 1. The molecule has 1 saturated heterocycles. The first-order chi connectivity index (χ1) is 20.4. The predicted molar refractivity (Wildman–Crippen MR) is 147 cm³/mol. The van der Waals surface area contributed by atoms with E-state index < -0.39 is 46.4 Å². The van der Waals surface area contributed by atoms with Crippen molar-refractivity contribution in [2.24, 2.45) is 0 Å². The monoisotopic (exact) mass is 646 g/mol. The molecule has 43 heavy (non-hydrogen) atoms. The van der Waals surface area contributed by atoms with Crippen molar-refractivity contribution >= 4 is 32.4 Å². The van der Waals surface area contributed by atoms with Crippen molar-refractivity contribution in [3.63, 3.8) is 0 Å². The molecule has 1 amide bonds. The number of amides is 1. The van der Waals surface area contributed by atoms with Gasteiger partial charge in [0, 0.05) is 19.0 Å². The van der Waals surface area contributed by atoms with Crippen LogP contribution in [0.15, 0.2) is 59.6 Å². The van der Waals surface area contributed by atoms with Crippen molar-refractivity contribution in [1.82, 2.24) is 15.0 Å². The number of carbonyl (C=O) groups excluding carboxylic acids is 1. The Morgan fingerprint density at radius 1 is 1.09 bits per heavy atom. The molecule has 1 aromatic heterocycles. The van der Waals surface area contributed by atoms with Gasteiger partial charge in [-0.25, -0.2) is 18.1 Å². The van der Waals surface area contributed by atoms with Gasteiger partial charge in [0.15, 0.2) is 5.13 Å². The maximum Gasteiger partial charge on any atom is 0.416 e. The lowest BCUT2D eigenvalue weighted by molar-refractivity contribution is -0.137. The zero-order valence-corrected chi connectivity index (χ0v) is 24.0. The standard InChI is InChI=1S/C27H27F5N4O5S2/c28-25(29)40-15-19-11-21(41-20-7-3-17(4-8-20)27(30,31)32)14-36(19)26-34-13-23(42-26)24(37)33-12-16-1-9-22(10-2-16)43(38,39)35-18-5-6-18/h1-4,7-10,13,18-19,21,25,35H,5-6,11-12,14-15H2,(H,33,37)/t19-,21-/m0/s1. The number of alkyl halides is 5. The minimum atomic E-state index is -4.49. The van der Waals surface area contributed by atoms with Gasteiger partial charge < -0.3 is 19.7 Å². The molecule has 9 nitrogen and oxygen atoms in total. The van der Waals surface area contributed by atoms with Crippen LogP contribution < -0.4 is 19.7 Å². The summed E-state index contributed by atoms with van der Waals surface area (Å²) in [7, 11) is -3.59. The summed E-state index contributed by atoms with van der Waals surface area (Å²) < 4.78 is 102. The predicted octanol–water partition coefficient (Wildman–Crippen LogP) is 4.80. The average Bonchev–Trinajstić information content (AvgIpc) is 3.45. The largest absolute Gasteiger partial charge is 0.489 e. The Bertz CT molecular complexity index is 1510. The third-order valence-electron chi connectivity index (χ3n) is 6.82. The minimum Gasteiger partial charge on any atom is -0.489 e. The molecule has 0 unspecified atom stereocenters. The first kappa shape index (κ1) is 31.1. The highest BCUT2D eigenvalue weighted by Crippen LogP contribution is 2.34. The summed E-state index contributed by atoms with van der Waals surface area (Å²) in [5.74, 6) is -0.245. The second-order valence-corrected chi connectivity index (χ2v) is 12.9. The van der Waals surface area contributed by atoms with Crippen molar-refractivity contribution < 1.29 is 44.6 Å². The quantitative estimate of drug-likeness (QED) is 0.272. The van der Waals surface area contributed by atoms with E-state index in [1.165, 1.54) is 30.5 Å². The molecular weight excluding hydrogens is 619 g/mol. The Kier molecular flexibility index (Phi) is 9.20. The summed E-state index contributed by atoms with van der Waals surface area (Å²) in [6.07, 6.45) is -1.82. The van der Waals surface area contributed by atoms with E-state index in [-0.39, 0.29) is 47.7 Å². The van der Waals surface area contributed by atoms with Gasteiger partial charge in [-0.3, -0.25) is 4.79 Å². The lowest BCUT2D eigenvalue weighted by Gasteiger charge is -2.23. The number of nitrogens with one attached hydrogen (secondary N) is 2. The molecule has 2 heterocycles. The highest BCUT2D eigenvalue weighted by Gasteiger charge is 2.37. The molecule has 1 aliphatic carbocycles. The average molecular weight is 647 g/mol. The van der Waals surface area contributed by atoms with Crippen LogP contribution in [0.3, 0.4) is 0 Å². The molecule has 5 rings (SSSR count). The van der Waals surface area contributed by atoms with E-state index in [1.807, 2.05) is 0 Å². The van der Waals surface area contributed by atoms with Gasteiger partial charge in [-0.15, -0.1) is 0 Å². The summed E-state index contributed by atoms with van der Waals surface area (Å²) in [5.41, 5.74) is -0.147. The van der Waals surface area contributed by atoms with Crippen molar-refractivity contribution in [2.45, 2.75) is 61.7 Å². The minimum absolute atomic E-state index is 0.0154. The number of halogens is 5. The van der Waals surface area contributed by atoms with E-state index in [1.54, 1.807) is 17.0 Å². The van der Waals surface area contributed by atoms with E-state index in [2.05, 4.69) is 19.8 Å². The van der Waals surface area contributed by atoms with E-state index in [4.69, 9.17) is 4.74 Å². The topological polar surface area (TPSA) is 110 Å². The van der Waals surface area contributed by atoms with Crippen LogP contribution in [0.2, 0.25) is 0 Å². The lowest BCUT2D eigenvalue weighted by Crippen LogP contribution is -2.34. The molecule has 3 aromatic rings. The van der Waals surface area contributed by atoms with Crippen LogP contribution in [0.4, 0.5) is 27.1 Å². The molecule has 2 fully saturated rings. The number of hydrogen-bond donors (Lipinski definition) is 2. The molecule has 0 spiro atoms. The number of benzene rings is 2. The first-order valence-corrected chi connectivity index (χ1v) is 15.5. The van der Waals surface area contributed by atoms with Crippen LogP contribution in [0.25, 0.3) is 0 Å². The van der Waals surface area contributed by atoms with E-state index in [9.17, 15) is 35.2 Å². The fraction of sp³-hybridized carbons (Fsp3) is 0.407. The number of aromatic nitrogens is 1. The smallest absolute Gasteiger partial charge is 0.416 e. The number of carbonyl (C=O) groups is 1. The SMILES string of the molecule is O=C(NCc1ccc(S(=O)(=O)NC2CC2)cc1)c1cnc(N2C[C@@H](Oc3ccc(C(F)(F)F)cc3)C[C@H]2COC(F)F)s1. The van der Waals surface area contributed by atoms with Gasteiger partial charge in [-0.2, -0.15) is 22.0 Å². The Labute approximate surface area is 248 Å².